The maximum Gasteiger partial charge on any atom is 0.320 e. The van der Waals surface area contributed by atoms with Gasteiger partial charge in [0.15, 0.2) is 0 Å². The number of urea groups is 1. The monoisotopic (exact) mass is 366 g/mol. The number of aromatic amines is 1. The molecule has 1 saturated heterocycles. The molecule has 0 radical (unpaired) electrons. The van der Waals surface area contributed by atoms with Crippen LogP contribution in [0.1, 0.15) is 25.0 Å². The van der Waals surface area contributed by atoms with Gasteiger partial charge in [0.2, 0.25) is 0 Å². The van der Waals surface area contributed by atoms with E-state index in [0.29, 0.717) is 12.4 Å². The summed E-state index contributed by atoms with van der Waals surface area (Å²) in [5.41, 5.74) is 3.52. The van der Waals surface area contributed by atoms with Gasteiger partial charge in [-0.15, -0.1) is 0 Å². The number of aryl methyl sites for hydroxylation is 1. The second kappa shape index (κ2) is 7.71. The Hall–Kier alpha value is -3.00. The predicted octanol–water partition coefficient (Wildman–Crippen LogP) is 3.02. The fourth-order valence-corrected chi connectivity index (χ4v) is 3.23. The number of aromatic nitrogens is 4. The topological polar surface area (TPSA) is 105 Å². The summed E-state index contributed by atoms with van der Waals surface area (Å²) in [6, 6.07) is 5.37. The molecular formula is C19H22N6O2. The average molecular weight is 366 g/mol. The third kappa shape index (κ3) is 4.06. The van der Waals surface area contributed by atoms with E-state index >= 15 is 0 Å². The highest BCUT2D eigenvalue weighted by Crippen LogP contribution is 2.26. The summed E-state index contributed by atoms with van der Waals surface area (Å²) < 4.78 is 5.61. The lowest BCUT2D eigenvalue weighted by Crippen LogP contribution is -2.37. The Balaban J connectivity index is 1.43. The van der Waals surface area contributed by atoms with Gasteiger partial charge in [0, 0.05) is 48.3 Å². The van der Waals surface area contributed by atoms with Crippen LogP contribution in [0.2, 0.25) is 0 Å². The van der Waals surface area contributed by atoms with Crippen LogP contribution < -0.4 is 10.6 Å². The van der Waals surface area contributed by atoms with Crippen LogP contribution in [0.3, 0.4) is 0 Å². The number of nitrogens with zero attached hydrogens (tertiary/aromatic N) is 3. The van der Waals surface area contributed by atoms with Crippen molar-refractivity contribution in [3.63, 3.8) is 0 Å². The summed E-state index contributed by atoms with van der Waals surface area (Å²) in [5, 5.41) is 13.9. The van der Waals surface area contributed by atoms with Gasteiger partial charge in [-0.05, 0) is 38.3 Å². The van der Waals surface area contributed by atoms with Gasteiger partial charge in [0.1, 0.15) is 11.5 Å². The molecule has 140 valence electrons. The molecule has 1 aliphatic rings. The lowest BCUT2D eigenvalue weighted by atomic mass is 10.1. The molecule has 1 unspecified atom stereocenters. The van der Waals surface area contributed by atoms with E-state index in [1.165, 1.54) is 0 Å². The first kappa shape index (κ1) is 17.4. The zero-order valence-corrected chi connectivity index (χ0v) is 15.2. The zero-order chi connectivity index (χ0) is 18.6. The highest BCUT2D eigenvalue weighted by molar-refractivity contribution is 5.95. The van der Waals surface area contributed by atoms with Crippen molar-refractivity contribution in [3.05, 3.63) is 36.3 Å². The minimum Gasteiger partial charge on any atom is -0.376 e. The Kier molecular flexibility index (Phi) is 4.97. The standard InChI is InChI=1S/C19H22N6O2/c1-12-8-13(5-6-20-12)18-15-11-21-17(9-16(15)24-25-18)23-19(26)22-10-14-4-2-3-7-27-14/h5-6,8-9,11,14H,2-4,7,10H2,1H3,(H,24,25)(H2,21,22,23,26). The number of anilines is 1. The molecule has 8 nitrogen and oxygen atoms in total. The minimum absolute atomic E-state index is 0.0962. The number of hydrogen-bond donors (Lipinski definition) is 3. The van der Waals surface area contributed by atoms with Gasteiger partial charge in [-0.25, -0.2) is 9.78 Å². The highest BCUT2D eigenvalue weighted by atomic mass is 16.5. The Bertz CT molecular complexity index is 948. The molecule has 3 aromatic heterocycles. The van der Waals surface area contributed by atoms with Crippen molar-refractivity contribution in [3.8, 4) is 11.3 Å². The largest absolute Gasteiger partial charge is 0.376 e. The van der Waals surface area contributed by atoms with E-state index in [9.17, 15) is 4.79 Å². The van der Waals surface area contributed by atoms with Crippen LogP contribution in [-0.4, -0.2) is 45.5 Å². The van der Waals surface area contributed by atoms with Crippen LogP contribution in [0.25, 0.3) is 22.2 Å². The van der Waals surface area contributed by atoms with Crippen molar-refractivity contribution < 1.29 is 9.53 Å². The SMILES string of the molecule is Cc1cc(-c2n[nH]c3cc(NC(=O)NCC4CCCCO4)ncc23)ccn1. The maximum absolute atomic E-state index is 12.1. The van der Waals surface area contributed by atoms with Crippen molar-refractivity contribution in [1.82, 2.24) is 25.5 Å². The number of amides is 2. The lowest BCUT2D eigenvalue weighted by Gasteiger charge is -2.22. The molecule has 0 bridgehead atoms. The average Bonchev–Trinajstić information content (AvgIpc) is 3.10. The predicted molar refractivity (Wildman–Crippen MR) is 102 cm³/mol. The van der Waals surface area contributed by atoms with Gasteiger partial charge >= 0.3 is 6.03 Å². The van der Waals surface area contributed by atoms with Crippen molar-refractivity contribution in [2.45, 2.75) is 32.3 Å². The normalized spacial score (nSPS) is 17.0. The van der Waals surface area contributed by atoms with Crippen LogP contribution in [0, 0.1) is 6.92 Å². The number of nitrogens with one attached hydrogen (secondary N) is 3. The van der Waals surface area contributed by atoms with E-state index in [1.807, 2.05) is 19.1 Å². The Morgan fingerprint density at radius 1 is 1.33 bits per heavy atom. The summed E-state index contributed by atoms with van der Waals surface area (Å²) in [6.45, 7) is 3.21. The summed E-state index contributed by atoms with van der Waals surface area (Å²) in [5.74, 6) is 0.464. The van der Waals surface area contributed by atoms with Crippen LogP contribution in [0.4, 0.5) is 10.6 Å². The lowest BCUT2D eigenvalue weighted by molar-refractivity contribution is 0.0187. The Labute approximate surface area is 156 Å². The van der Waals surface area contributed by atoms with Crippen molar-refractivity contribution in [2.24, 2.45) is 0 Å². The molecule has 1 atom stereocenters. The van der Waals surface area contributed by atoms with E-state index in [-0.39, 0.29) is 12.1 Å². The number of carbonyl (C=O) groups excluding carboxylic acids is 1. The molecule has 4 rings (SSSR count). The number of carbonyl (C=O) groups is 1. The molecule has 0 saturated carbocycles. The second-order valence-electron chi connectivity index (χ2n) is 6.70. The second-order valence-corrected chi connectivity index (χ2v) is 6.70. The summed E-state index contributed by atoms with van der Waals surface area (Å²) >= 11 is 0. The van der Waals surface area contributed by atoms with Gasteiger partial charge < -0.3 is 10.1 Å². The van der Waals surface area contributed by atoms with E-state index in [4.69, 9.17) is 4.74 Å². The van der Waals surface area contributed by atoms with Crippen LogP contribution in [0.15, 0.2) is 30.6 Å². The molecule has 27 heavy (non-hydrogen) atoms. The van der Waals surface area contributed by atoms with Gasteiger partial charge in [-0.3, -0.25) is 15.4 Å². The first-order valence-corrected chi connectivity index (χ1v) is 9.12. The van der Waals surface area contributed by atoms with Crippen LogP contribution >= 0.6 is 0 Å². The first-order valence-electron chi connectivity index (χ1n) is 9.12. The van der Waals surface area contributed by atoms with E-state index in [2.05, 4.69) is 30.8 Å². The molecule has 0 aromatic carbocycles. The first-order chi connectivity index (χ1) is 13.2. The molecule has 0 spiro atoms. The number of pyridine rings is 2. The van der Waals surface area contributed by atoms with Gasteiger partial charge in [-0.2, -0.15) is 5.10 Å². The third-order valence-electron chi connectivity index (χ3n) is 4.62. The number of H-pyrrole nitrogens is 1. The third-order valence-corrected chi connectivity index (χ3v) is 4.62. The molecule has 3 N–H and O–H groups in total. The molecule has 1 fully saturated rings. The molecule has 8 heteroatoms. The van der Waals surface area contributed by atoms with Gasteiger partial charge in [0.25, 0.3) is 0 Å². The molecule has 3 aromatic rings. The molecule has 0 aliphatic carbocycles. The number of fused-ring (bicyclic) bond motifs is 1. The quantitative estimate of drug-likeness (QED) is 0.658. The molecular weight excluding hydrogens is 344 g/mol. The molecule has 4 heterocycles. The zero-order valence-electron chi connectivity index (χ0n) is 15.2. The van der Waals surface area contributed by atoms with E-state index < -0.39 is 0 Å². The maximum atomic E-state index is 12.1. The number of ether oxygens (including phenoxy) is 1. The Morgan fingerprint density at radius 2 is 2.26 bits per heavy atom. The van der Waals surface area contributed by atoms with Crippen LogP contribution in [0.5, 0.6) is 0 Å². The molecule has 2 amide bonds. The Morgan fingerprint density at radius 3 is 3.07 bits per heavy atom. The van der Waals surface area contributed by atoms with Crippen molar-refractivity contribution in [1.29, 1.82) is 0 Å². The van der Waals surface area contributed by atoms with E-state index in [1.54, 1.807) is 18.5 Å². The fourth-order valence-electron chi connectivity index (χ4n) is 3.23. The minimum atomic E-state index is -0.291. The van der Waals surface area contributed by atoms with Gasteiger partial charge in [-0.1, -0.05) is 0 Å². The van der Waals surface area contributed by atoms with Crippen LogP contribution in [-0.2, 0) is 4.74 Å². The summed E-state index contributed by atoms with van der Waals surface area (Å²) in [4.78, 5) is 20.7. The smallest absolute Gasteiger partial charge is 0.320 e. The van der Waals surface area contributed by atoms with E-state index in [0.717, 1.165) is 53.7 Å². The highest BCUT2D eigenvalue weighted by Gasteiger charge is 2.15. The fraction of sp³-hybridized carbons (Fsp3) is 0.368. The molecule has 1 aliphatic heterocycles. The van der Waals surface area contributed by atoms with Crippen molar-refractivity contribution in [2.75, 3.05) is 18.5 Å². The van der Waals surface area contributed by atoms with Gasteiger partial charge in [0.05, 0.1) is 11.6 Å². The summed E-state index contributed by atoms with van der Waals surface area (Å²) in [7, 11) is 0. The van der Waals surface area contributed by atoms with Crippen molar-refractivity contribution >= 4 is 22.8 Å². The number of rotatable bonds is 4. The number of hydrogen-bond acceptors (Lipinski definition) is 5. The summed E-state index contributed by atoms with van der Waals surface area (Å²) in [6.07, 6.45) is 6.79.